The van der Waals surface area contributed by atoms with E-state index in [2.05, 4.69) is 55.0 Å². The van der Waals surface area contributed by atoms with Gasteiger partial charge in [-0.15, -0.1) is 0 Å². The molecule has 3 unspecified atom stereocenters. The molecular weight excluding hydrogens is 248 g/mol. The van der Waals surface area contributed by atoms with Gasteiger partial charge in [0.05, 0.1) is 5.84 Å². The minimum absolute atomic E-state index is 0.215. The molecule has 3 N–H and O–H groups in total. The van der Waals surface area contributed by atoms with Crippen LogP contribution in [0.15, 0.2) is 30.3 Å². The highest BCUT2D eigenvalue weighted by atomic mass is 15.3. The Morgan fingerprint density at radius 2 is 1.80 bits per heavy atom. The molecule has 1 fully saturated rings. The second-order valence-electron chi connectivity index (χ2n) is 5.97. The van der Waals surface area contributed by atoms with E-state index in [4.69, 9.17) is 11.1 Å². The summed E-state index contributed by atoms with van der Waals surface area (Å²) in [5.74, 6) is 0.262. The standard InChI is InChI=1S/C16H26N4/c1-12-10-20(11-13(2)19(12)3)15(9-16(17)18)14-7-5-4-6-8-14/h4-8,12-13,15H,9-11H2,1-3H3,(H3,17,18). The van der Waals surface area contributed by atoms with Gasteiger partial charge < -0.3 is 5.73 Å². The molecule has 1 aliphatic heterocycles. The van der Waals surface area contributed by atoms with E-state index in [0.717, 1.165) is 13.1 Å². The number of likely N-dealkylation sites (N-methyl/N-ethyl adjacent to an activating group) is 1. The van der Waals surface area contributed by atoms with Crippen molar-refractivity contribution in [2.24, 2.45) is 5.73 Å². The molecule has 0 aromatic heterocycles. The van der Waals surface area contributed by atoms with E-state index < -0.39 is 0 Å². The molecule has 0 bridgehead atoms. The molecule has 20 heavy (non-hydrogen) atoms. The van der Waals surface area contributed by atoms with E-state index >= 15 is 0 Å². The molecule has 1 aromatic rings. The smallest absolute Gasteiger partial charge is 0.0924 e. The summed E-state index contributed by atoms with van der Waals surface area (Å²) in [6.45, 7) is 6.57. The number of rotatable bonds is 4. The van der Waals surface area contributed by atoms with Gasteiger partial charge >= 0.3 is 0 Å². The lowest BCUT2D eigenvalue weighted by Crippen LogP contribution is -2.55. The van der Waals surface area contributed by atoms with E-state index in [1.54, 1.807) is 0 Å². The molecule has 110 valence electrons. The molecular formula is C16H26N4. The summed E-state index contributed by atoms with van der Waals surface area (Å²) in [5.41, 5.74) is 6.94. The van der Waals surface area contributed by atoms with Gasteiger partial charge in [0.15, 0.2) is 0 Å². The molecule has 3 atom stereocenters. The summed E-state index contributed by atoms with van der Waals surface area (Å²) >= 11 is 0. The third-order valence-corrected chi connectivity index (χ3v) is 4.43. The lowest BCUT2D eigenvalue weighted by Gasteiger charge is -2.45. The fraction of sp³-hybridized carbons (Fsp3) is 0.562. The van der Waals surface area contributed by atoms with Gasteiger partial charge in [0.2, 0.25) is 0 Å². The van der Waals surface area contributed by atoms with E-state index in [9.17, 15) is 0 Å². The van der Waals surface area contributed by atoms with E-state index in [1.165, 1.54) is 5.56 Å². The van der Waals surface area contributed by atoms with Crippen LogP contribution in [0.2, 0.25) is 0 Å². The molecule has 0 saturated carbocycles. The average Bonchev–Trinajstić information content (AvgIpc) is 2.42. The van der Waals surface area contributed by atoms with Crippen LogP contribution in [0, 0.1) is 5.41 Å². The molecule has 0 spiro atoms. The maximum Gasteiger partial charge on any atom is 0.0924 e. The molecule has 4 heteroatoms. The Bertz CT molecular complexity index is 433. The lowest BCUT2D eigenvalue weighted by molar-refractivity contribution is 0.0346. The van der Waals surface area contributed by atoms with Crippen LogP contribution in [0.4, 0.5) is 0 Å². The van der Waals surface area contributed by atoms with Gasteiger partial charge in [-0.1, -0.05) is 30.3 Å². The van der Waals surface area contributed by atoms with Crippen LogP contribution in [0.5, 0.6) is 0 Å². The average molecular weight is 274 g/mol. The Kier molecular flexibility index (Phi) is 4.78. The first kappa shape index (κ1) is 15.0. The zero-order chi connectivity index (χ0) is 14.7. The van der Waals surface area contributed by atoms with E-state index in [0.29, 0.717) is 18.5 Å². The zero-order valence-electron chi connectivity index (χ0n) is 12.7. The summed E-state index contributed by atoms with van der Waals surface area (Å²) in [7, 11) is 2.19. The van der Waals surface area contributed by atoms with Crippen molar-refractivity contribution in [1.82, 2.24) is 9.80 Å². The first-order valence-electron chi connectivity index (χ1n) is 7.33. The fourth-order valence-electron chi connectivity index (χ4n) is 3.04. The Hall–Kier alpha value is -1.39. The van der Waals surface area contributed by atoms with Crippen LogP contribution >= 0.6 is 0 Å². The topological polar surface area (TPSA) is 56.4 Å². The predicted octanol–water partition coefficient (Wildman–Crippen LogP) is 2.08. The molecule has 0 radical (unpaired) electrons. The van der Waals surface area contributed by atoms with Gasteiger partial charge in [0, 0.05) is 37.6 Å². The van der Waals surface area contributed by atoms with E-state index in [-0.39, 0.29) is 11.9 Å². The summed E-state index contributed by atoms with van der Waals surface area (Å²) in [6, 6.07) is 11.7. The van der Waals surface area contributed by atoms with Crippen molar-refractivity contribution >= 4 is 5.84 Å². The number of nitrogens with two attached hydrogens (primary N) is 1. The summed E-state index contributed by atoms with van der Waals surface area (Å²) in [5, 5.41) is 7.67. The van der Waals surface area contributed by atoms with Gasteiger partial charge in [-0.05, 0) is 26.5 Å². The van der Waals surface area contributed by atoms with Crippen LogP contribution in [-0.4, -0.2) is 47.9 Å². The van der Waals surface area contributed by atoms with Crippen molar-refractivity contribution in [3.8, 4) is 0 Å². The number of hydrogen-bond donors (Lipinski definition) is 2. The summed E-state index contributed by atoms with van der Waals surface area (Å²) < 4.78 is 0. The van der Waals surface area contributed by atoms with Crippen LogP contribution < -0.4 is 5.73 Å². The number of nitrogens with one attached hydrogen (secondary N) is 1. The SMILES string of the molecule is CC1CN(C(CC(=N)N)c2ccccc2)CC(C)N1C. The second kappa shape index (κ2) is 6.37. The Morgan fingerprint density at radius 3 is 2.30 bits per heavy atom. The predicted molar refractivity (Wildman–Crippen MR) is 84.0 cm³/mol. The number of piperazine rings is 1. The molecule has 2 rings (SSSR count). The Labute approximate surface area is 122 Å². The van der Waals surface area contributed by atoms with Gasteiger partial charge in [-0.25, -0.2) is 0 Å². The number of hydrogen-bond acceptors (Lipinski definition) is 3. The fourth-order valence-corrected chi connectivity index (χ4v) is 3.04. The molecule has 1 aliphatic rings. The summed E-state index contributed by atoms with van der Waals surface area (Å²) in [4.78, 5) is 4.90. The first-order valence-corrected chi connectivity index (χ1v) is 7.33. The minimum Gasteiger partial charge on any atom is -0.388 e. The molecule has 1 saturated heterocycles. The normalized spacial score (nSPS) is 26.4. The van der Waals surface area contributed by atoms with Crippen molar-refractivity contribution in [2.75, 3.05) is 20.1 Å². The highest BCUT2D eigenvalue weighted by molar-refractivity contribution is 5.77. The third kappa shape index (κ3) is 3.38. The van der Waals surface area contributed by atoms with Gasteiger partial charge in [0.1, 0.15) is 0 Å². The largest absolute Gasteiger partial charge is 0.388 e. The third-order valence-electron chi connectivity index (χ3n) is 4.43. The van der Waals surface area contributed by atoms with Gasteiger partial charge in [-0.2, -0.15) is 0 Å². The number of nitrogens with zero attached hydrogens (tertiary/aromatic N) is 2. The van der Waals surface area contributed by atoms with Gasteiger partial charge in [0.25, 0.3) is 0 Å². The van der Waals surface area contributed by atoms with Crippen molar-refractivity contribution < 1.29 is 0 Å². The highest BCUT2D eigenvalue weighted by Crippen LogP contribution is 2.28. The maximum atomic E-state index is 7.67. The zero-order valence-corrected chi connectivity index (χ0v) is 12.7. The highest BCUT2D eigenvalue weighted by Gasteiger charge is 2.31. The second-order valence-corrected chi connectivity index (χ2v) is 5.97. The summed E-state index contributed by atoms with van der Waals surface area (Å²) in [6.07, 6.45) is 0.604. The Morgan fingerprint density at radius 1 is 1.25 bits per heavy atom. The maximum absolute atomic E-state index is 7.67. The van der Waals surface area contributed by atoms with Crippen LogP contribution in [0.25, 0.3) is 0 Å². The molecule has 4 nitrogen and oxygen atoms in total. The van der Waals surface area contributed by atoms with Crippen LogP contribution in [0.1, 0.15) is 31.9 Å². The van der Waals surface area contributed by atoms with Crippen molar-refractivity contribution in [2.45, 2.75) is 38.4 Å². The lowest BCUT2D eigenvalue weighted by atomic mass is 9.98. The van der Waals surface area contributed by atoms with Gasteiger partial charge in [-0.3, -0.25) is 15.2 Å². The Balaban J connectivity index is 2.21. The molecule has 0 aliphatic carbocycles. The minimum atomic E-state index is 0.215. The van der Waals surface area contributed by atoms with Crippen molar-refractivity contribution in [3.05, 3.63) is 35.9 Å². The number of benzene rings is 1. The quantitative estimate of drug-likeness (QED) is 0.653. The first-order chi connectivity index (χ1) is 9.49. The van der Waals surface area contributed by atoms with Crippen molar-refractivity contribution in [3.63, 3.8) is 0 Å². The van der Waals surface area contributed by atoms with E-state index in [1.807, 2.05) is 6.07 Å². The van der Waals surface area contributed by atoms with Crippen LogP contribution in [0.3, 0.4) is 0 Å². The number of amidine groups is 1. The monoisotopic (exact) mass is 274 g/mol. The van der Waals surface area contributed by atoms with Crippen LogP contribution in [-0.2, 0) is 0 Å². The molecule has 1 heterocycles. The molecule has 1 aromatic carbocycles. The molecule has 0 amide bonds. The van der Waals surface area contributed by atoms with Crippen molar-refractivity contribution in [1.29, 1.82) is 5.41 Å².